The Labute approximate surface area is 144 Å². The predicted molar refractivity (Wildman–Crippen MR) is 86.5 cm³/mol. The molecule has 122 valence electrons. The van der Waals surface area contributed by atoms with E-state index in [1.807, 2.05) is 6.92 Å². The van der Waals surface area contributed by atoms with E-state index in [1.165, 1.54) is 36.4 Å². The normalized spacial score (nSPS) is 8.72. The third-order valence-corrected chi connectivity index (χ3v) is 3.02. The summed E-state index contributed by atoms with van der Waals surface area (Å²) in [5.74, 6) is 0.101. The molecular formula is C18H12N4O3. The van der Waals surface area contributed by atoms with Crippen molar-refractivity contribution in [1.29, 1.82) is 21.2 Å². The third-order valence-electron chi connectivity index (χ3n) is 3.02. The highest BCUT2D eigenvalue weighted by atomic mass is 16.5. The van der Waals surface area contributed by atoms with Crippen molar-refractivity contribution < 1.29 is 14.3 Å². The van der Waals surface area contributed by atoms with Gasteiger partial charge in [-0.2, -0.15) is 15.8 Å². The minimum absolute atomic E-state index is 0.0593. The zero-order valence-electron chi connectivity index (χ0n) is 13.3. The van der Waals surface area contributed by atoms with Crippen LogP contribution in [0.15, 0.2) is 41.0 Å². The Balaban J connectivity index is 3.59. The van der Waals surface area contributed by atoms with Gasteiger partial charge in [0.25, 0.3) is 0 Å². The standard InChI is InChI=1S/C18H12N4O3/c1-2-7-25-18(24)15-6-4-3-5-14(15)17(23)16(12(8-19)9-20)13(10-21)11-22/h3-6,19H,2,7H2,1H3. The molecule has 1 rings (SSSR count). The molecule has 0 aromatic heterocycles. The van der Waals surface area contributed by atoms with Crippen molar-refractivity contribution >= 4 is 17.6 Å². The minimum Gasteiger partial charge on any atom is -0.462 e. The first-order chi connectivity index (χ1) is 12.0. The fourth-order valence-corrected chi connectivity index (χ4v) is 1.90. The highest BCUT2D eigenvalue weighted by Gasteiger charge is 2.26. The first-order valence-electron chi connectivity index (χ1n) is 7.11. The van der Waals surface area contributed by atoms with E-state index in [0.717, 1.165) is 0 Å². The van der Waals surface area contributed by atoms with Crippen molar-refractivity contribution in [1.82, 2.24) is 0 Å². The Morgan fingerprint density at radius 3 is 2.16 bits per heavy atom. The molecule has 0 amide bonds. The molecule has 0 bridgehead atoms. The number of allylic oxidation sites excluding steroid dienone is 3. The average molecular weight is 332 g/mol. The number of hydrogen-bond acceptors (Lipinski definition) is 7. The van der Waals surface area contributed by atoms with Crippen LogP contribution < -0.4 is 0 Å². The summed E-state index contributed by atoms with van der Waals surface area (Å²) in [6.45, 7) is 1.97. The van der Waals surface area contributed by atoms with Gasteiger partial charge in [0.2, 0.25) is 0 Å². The number of rotatable bonds is 6. The molecule has 1 N–H and O–H groups in total. The highest BCUT2D eigenvalue weighted by molar-refractivity contribution is 6.19. The van der Waals surface area contributed by atoms with Crippen molar-refractivity contribution in [2.45, 2.75) is 13.3 Å². The fraction of sp³-hybridized carbons (Fsp3) is 0.167. The minimum atomic E-state index is -0.904. The topological polar surface area (TPSA) is 139 Å². The molecule has 1 aromatic rings. The molecule has 0 aliphatic heterocycles. The number of esters is 1. The summed E-state index contributed by atoms with van der Waals surface area (Å²) in [7, 11) is 0. The summed E-state index contributed by atoms with van der Waals surface area (Å²) in [6.07, 6.45) is 0.592. The summed E-state index contributed by atoms with van der Waals surface area (Å²) in [6, 6.07) is 10.3. The van der Waals surface area contributed by atoms with Gasteiger partial charge in [-0.15, -0.1) is 0 Å². The summed E-state index contributed by atoms with van der Waals surface area (Å²) < 4.78 is 5.01. The van der Waals surface area contributed by atoms with Gasteiger partial charge < -0.3 is 4.74 Å². The first kappa shape index (κ1) is 19.1. The Hall–Kier alpha value is -3.98. The monoisotopic (exact) mass is 332 g/mol. The van der Waals surface area contributed by atoms with E-state index >= 15 is 0 Å². The second kappa shape index (κ2) is 9.22. The molecule has 0 heterocycles. The lowest BCUT2D eigenvalue weighted by Gasteiger charge is -2.09. The average Bonchev–Trinajstić information content (AvgIpc) is 2.66. The number of nitriles is 3. The third kappa shape index (κ3) is 4.27. The zero-order valence-corrected chi connectivity index (χ0v) is 13.3. The molecule has 0 spiro atoms. The van der Waals surface area contributed by atoms with Gasteiger partial charge in [0, 0.05) is 5.56 Å². The second-order valence-corrected chi connectivity index (χ2v) is 4.60. The van der Waals surface area contributed by atoms with E-state index in [4.69, 9.17) is 25.9 Å². The molecule has 7 nitrogen and oxygen atoms in total. The molecule has 0 unspecified atom stereocenters. The fourth-order valence-electron chi connectivity index (χ4n) is 1.90. The lowest BCUT2D eigenvalue weighted by atomic mass is 9.91. The number of Topliss-reactive ketones (excluding diaryl/α,β-unsaturated/α-hetero) is 1. The summed E-state index contributed by atoms with van der Waals surface area (Å²) >= 11 is 0. The van der Waals surface area contributed by atoms with Crippen LogP contribution in [0, 0.1) is 39.4 Å². The number of ketones is 1. The molecular weight excluding hydrogens is 320 g/mol. The molecule has 0 radical (unpaired) electrons. The van der Waals surface area contributed by atoms with Crippen LogP contribution >= 0.6 is 0 Å². The van der Waals surface area contributed by atoms with E-state index in [1.54, 1.807) is 11.9 Å². The van der Waals surface area contributed by atoms with Crippen molar-refractivity contribution in [2.24, 2.45) is 0 Å². The van der Waals surface area contributed by atoms with Gasteiger partial charge in [0.15, 0.2) is 5.78 Å². The summed E-state index contributed by atoms with van der Waals surface area (Å²) in [5, 5.41) is 34.3. The Kier molecular flexibility index (Phi) is 7.04. The van der Waals surface area contributed by atoms with Gasteiger partial charge in [-0.25, -0.2) is 4.79 Å². The Morgan fingerprint density at radius 1 is 1.08 bits per heavy atom. The summed E-state index contributed by atoms with van der Waals surface area (Å²) in [5.41, 5.74) is -1.98. The van der Waals surface area contributed by atoms with Crippen molar-refractivity contribution in [3.8, 4) is 18.2 Å². The molecule has 0 saturated heterocycles. The Morgan fingerprint density at radius 2 is 1.68 bits per heavy atom. The zero-order chi connectivity index (χ0) is 18.8. The number of benzene rings is 1. The van der Waals surface area contributed by atoms with Gasteiger partial charge in [-0.05, 0) is 18.4 Å². The second-order valence-electron chi connectivity index (χ2n) is 4.60. The number of ether oxygens (including phenoxy) is 1. The smallest absolute Gasteiger partial charge is 0.338 e. The number of hydrogen-bond donors (Lipinski definition) is 1. The van der Waals surface area contributed by atoms with Crippen LogP contribution in [0.2, 0.25) is 0 Å². The van der Waals surface area contributed by atoms with Crippen LogP contribution in [0.1, 0.15) is 34.1 Å². The van der Waals surface area contributed by atoms with Gasteiger partial charge in [0.1, 0.15) is 29.4 Å². The maximum absolute atomic E-state index is 12.8. The molecule has 25 heavy (non-hydrogen) atoms. The predicted octanol–water partition coefficient (Wildman–Crippen LogP) is 2.48. The van der Waals surface area contributed by atoms with Gasteiger partial charge in [-0.3, -0.25) is 10.2 Å². The molecule has 1 aromatic carbocycles. The maximum Gasteiger partial charge on any atom is 0.338 e. The van der Waals surface area contributed by atoms with Crippen LogP contribution in [0.5, 0.6) is 0 Å². The number of nitrogens with one attached hydrogen (secondary N) is 1. The SMILES string of the molecule is CCCOC(=O)c1ccccc1C(=O)C(C(=C=N)C#N)=C(C#N)C#N. The number of carbonyl (C=O) groups is 2. The van der Waals surface area contributed by atoms with E-state index in [0.29, 0.717) is 6.42 Å². The van der Waals surface area contributed by atoms with Crippen molar-refractivity contribution in [3.63, 3.8) is 0 Å². The lowest BCUT2D eigenvalue weighted by Crippen LogP contribution is -2.15. The van der Waals surface area contributed by atoms with Crippen LogP contribution in [0.3, 0.4) is 0 Å². The lowest BCUT2D eigenvalue weighted by molar-refractivity contribution is 0.0502. The quantitative estimate of drug-likeness (QED) is 0.212. The van der Waals surface area contributed by atoms with E-state index in [2.05, 4.69) is 0 Å². The number of carbonyl (C=O) groups excluding carboxylic acids is 2. The highest BCUT2D eigenvalue weighted by Crippen LogP contribution is 2.21. The van der Waals surface area contributed by atoms with Gasteiger partial charge >= 0.3 is 5.97 Å². The van der Waals surface area contributed by atoms with E-state index in [-0.39, 0.29) is 17.7 Å². The molecule has 0 atom stereocenters. The van der Waals surface area contributed by atoms with Crippen molar-refractivity contribution in [3.05, 3.63) is 52.1 Å². The summed E-state index contributed by atoms with van der Waals surface area (Å²) in [4.78, 5) is 24.9. The molecule has 0 fully saturated rings. The molecule has 0 aliphatic rings. The van der Waals surface area contributed by atoms with E-state index in [9.17, 15) is 9.59 Å². The van der Waals surface area contributed by atoms with Crippen LogP contribution in [-0.2, 0) is 4.74 Å². The Bertz CT molecular complexity index is 901. The maximum atomic E-state index is 12.8. The van der Waals surface area contributed by atoms with Crippen molar-refractivity contribution in [2.75, 3.05) is 6.61 Å². The largest absolute Gasteiger partial charge is 0.462 e. The van der Waals surface area contributed by atoms with Gasteiger partial charge in [0.05, 0.1) is 17.7 Å². The van der Waals surface area contributed by atoms with Gasteiger partial charge in [-0.1, -0.05) is 25.1 Å². The van der Waals surface area contributed by atoms with E-state index < -0.39 is 28.5 Å². The molecule has 7 heteroatoms. The van der Waals surface area contributed by atoms with Crippen LogP contribution in [0.25, 0.3) is 0 Å². The molecule has 0 saturated carbocycles. The molecule has 0 aliphatic carbocycles. The van der Waals surface area contributed by atoms with Crippen LogP contribution in [-0.4, -0.2) is 24.2 Å². The number of nitrogens with zero attached hydrogens (tertiary/aromatic N) is 3. The van der Waals surface area contributed by atoms with Crippen LogP contribution in [0.4, 0.5) is 0 Å². The first-order valence-corrected chi connectivity index (χ1v) is 7.11.